The molecule has 3 rings (SSSR count). The van der Waals surface area contributed by atoms with Crippen molar-refractivity contribution < 1.29 is 9.53 Å². The predicted molar refractivity (Wildman–Crippen MR) is 130 cm³/mol. The van der Waals surface area contributed by atoms with Gasteiger partial charge in [-0.05, 0) is 56.0 Å². The van der Waals surface area contributed by atoms with E-state index in [2.05, 4.69) is 34.8 Å². The molecule has 1 aromatic heterocycles. The number of aromatic nitrogens is 2. The first-order valence-corrected chi connectivity index (χ1v) is 11.4. The lowest BCUT2D eigenvalue weighted by Gasteiger charge is -2.26. The highest BCUT2D eigenvalue weighted by Crippen LogP contribution is 2.29. The number of rotatable bonds is 9. The molecule has 6 heteroatoms. The van der Waals surface area contributed by atoms with Crippen molar-refractivity contribution in [2.75, 3.05) is 11.4 Å². The maximum atomic E-state index is 11.9. The van der Waals surface area contributed by atoms with Crippen LogP contribution in [0.4, 0.5) is 5.82 Å². The molecule has 0 atom stereocenters. The van der Waals surface area contributed by atoms with Crippen LogP contribution in [-0.2, 0) is 11.3 Å². The van der Waals surface area contributed by atoms with E-state index in [1.54, 1.807) is 6.33 Å². The number of ether oxygens (including phenoxy) is 1. The molecule has 5 nitrogen and oxygen atoms in total. The Morgan fingerprint density at radius 2 is 1.78 bits per heavy atom. The fourth-order valence-corrected chi connectivity index (χ4v) is 3.84. The average Bonchev–Trinajstić information content (AvgIpc) is 2.76. The molecule has 0 fully saturated rings. The van der Waals surface area contributed by atoms with Crippen LogP contribution in [0.3, 0.4) is 0 Å². The van der Waals surface area contributed by atoms with Gasteiger partial charge in [0.05, 0.1) is 5.69 Å². The average molecular weight is 452 g/mol. The van der Waals surface area contributed by atoms with Crippen molar-refractivity contribution in [3.63, 3.8) is 0 Å². The van der Waals surface area contributed by atoms with Gasteiger partial charge in [0, 0.05) is 35.7 Å². The van der Waals surface area contributed by atoms with E-state index < -0.39 is 0 Å². The van der Waals surface area contributed by atoms with E-state index in [-0.39, 0.29) is 5.97 Å². The summed E-state index contributed by atoms with van der Waals surface area (Å²) in [5.41, 5.74) is 5.04. The number of halogens is 1. The number of benzene rings is 2. The standard InChI is InChI=1S/C26H30ClN3O2/c1-5-7-24(31)32-23-13-8-20(15-18(23)3)16-30(14-6-2)26-19(4)25(28-17-29-26)21-9-11-22(27)12-10-21/h8-13,15,17H,5-7,14,16H2,1-4H3. The van der Waals surface area contributed by atoms with E-state index in [9.17, 15) is 4.79 Å². The summed E-state index contributed by atoms with van der Waals surface area (Å²) in [4.78, 5) is 23.3. The maximum Gasteiger partial charge on any atom is 0.311 e. The van der Waals surface area contributed by atoms with Crippen molar-refractivity contribution >= 4 is 23.4 Å². The van der Waals surface area contributed by atoms with Crippen LogP contribution in [0, 0.1) is 13.8 Å². The Hall–Kier alpha value is -2.92. The fraction of sp³-hybridized carbons (Fsp3) is 0.346. The summed E-state index contributed by atoms with van der Waals surface area (Å²) in [6, 6.07) is 13.7. The molecular formula is C26H30ClN3O2. The summed E-state index contributed by atoms with van der Waals surface area (Å²) in [5, 5.41) is 0.701. The molecular weight excluding hydrogens is 422 g/mol. The van der Waals surface area contributed by atoms with Crippen LogP contribution in [0.15, 0.2) is 48.8 Å². The zero-order chi connectivity index (χ0) is 23.1. The lowest BCUT2D eigenvalue weighted by molar-refractivity contribution is -0.134. The van der Waals surface area contributed by atoms with Gasteiger partial charge in [0.25, 0.3) is 0 Å². The zero-order valence-electron chi connectivity index (χ0n) is 19.2. The lowest BCUT2D eigenvalue weighted by atomic mass is 10.1. The normalized spacial score (nSPS) is 10.8. The van der Waals surface area contributed by atoms with Crippen LogP contribution in [0.1, 0.15) is 49.8 Å². The monoisotopic (exact) mass is 451 g/mol. The molecule has 1 heterocycles. The molecule has 0 spiro atoms. The second-order valence-electron chi connectivity index (χ2n) is 7.92. The molecule has 3 aromatic rings. The molecule has 0 saturated heterocycles. The van der Waals surface area contributed by atoms with E-state index in [1.165, 1.54) is 0 Å². The van der Waals surface area contributed by atoms with Crippen LogP contribution < -0.4 is 9.64 Å². The van der Waals surface area contributed by atoms with Crippen molar-refractivity contribution in [1.82, 2.24) is 9.97 Å². The van der Waals surface area contributed by atoms with Crippen LogP contribution >= 0.6 is 11.6 Å². The highest BCUT2D eigenvalue weighted by Gasteiger charge is 2.16. The summed E-state index contributed by atoms with van der Waals surface area (Å²) in [5.74, 6) is 1.35. The van der Waals surface area contributed by atoms with Crippen molar-refractivity contribution in [1.29, 1.82) is 0 Å². The van der Waals surface area contributed by atoms with Crippen molar-refractivity contribution in [2.24, 2.45) is 0 Å². The number of carbonyl (C=O) groups excluding carboxylic acids is 1. The number of hydrogen-bond acceptors (Lipinski definition) is 5. The van der Waals surface area contributed by atoms with Gasteiger partial charge in [-0.2, -0.15) is 0 Å². The van der Waals surface area contributed by atoms with Gasteiger partial charge in [-0.1, -0.05) is 49.7 Å². The summed E-state index contributed by atoms with van der Waals surface area (Å²) in [6.45, 7) is 9.72. The van der Waals surface area contributed by atoms with Gasteiger partial charge >= 0.3 is 5.97 Å². The maximum absolute atomic E-state index is 11.9. The number of aryl methyl sites for hydroxylation is 1. The van der Waals surface area contributed by atoms with Gasteiger partial charge in [-0.25, -0.2) is 9.97 Å². The minimum absolute atomic E-state index is 0.192. The first-order valence-electron chi connectivity index (χ1n) is 11.1. The Labute approximate surface area is 195 Å². The summed E-state index contributed by atoms with van der Waals surface area (Å²) >= 11 is 6.05. The number of hydrogen-bond donors (Lipinski definition) is 0. The smallest absolute Gasteiger partial charge is 0.311 e. The van der Waals surface area contributed by atoms with Crippen molar-refractivity contribution in [3.8, 4) is 17.0 Å². The van der Waals surface area contributed by atoms with E-state index >= 15 is 0 Å². The number of anilines is 1. The Bertz CT molecular complexity index is 1070. The van der Waals surface area contributed by atoms with Crippen LogP contribution in [0.5, 0.6) is 5.75 Å². The molecule has 0 bridgehead atoms. The minimum Gasteiger partial charge on any atom is -0.426 e. The first kappa shape index (κ1) is 23.7. The second-order valence-corrected chi connectivity index (χ2v) is 8.36. The molecule has 168 valence electrons. The van der Waals surface area contributed by atoms with E-state index in [0.717, 1.165) is 53.2 Å². The Morgan fingerprint density at radius 1 is 1.03 bits per heavy atom. The quantitative estimate of drug-likeness (QED) is 0.273. The minimum atomic E-state index is -0.192. The SMILES string of the molecule is CCCC(=O)Oc1ccc(CN(CCC)c2ncnc(-c3ccc(Cl)cc3)c2C)cc1C. The van der Waals surface area contributed by atoms with Gasteiger partial charge in [0.2, 0.25) is 0 Å². The first-order chi connectivity index (χ1) is 15.4. The van der Waals surface area contributed by atoms with Gasteiger partial charge in [-0.15, -0.1) is 0 Å². The molecule has 0 aliphatic heterocycles. The van der Waals surface area contributed by atoms with Gasteiger partial charge in [0.15, 0.2) is 0 Å². The summed E-state index contributed by atoms with van der Waals surface area (Å²) < 4.78 is 5.49. The van der Waals surface area contributed by atoms with Gasteiger partial charge < -0.3 is 9.64 Å². The van der Waals surface area contributed by atoms with E-state index in [0.29, 0.717) is 23.7 Å². The van der Waals surface area contributed by atoms with Gasteiger partial charge in [-0.3, -0.25) is 4.79 Å². The third-order valence-corrected chi connectivity index (χ3v) is 5.51. The third kappa shape index (κ3) is 5.86. The van der Waals surface area contributed by atoms with Crippen molar-refractivity contribution in [3.05, 3.63) is 70.5 Å². The van der Waals surface area contributed by atoms with E-state index in [1.807, 2.05) is 50.2 Å². The highest BCUT2D eigenvalue weighted by atomic mass is 35.5. The number of esters is 1. The summed E-state index contributed by atoms with van der Waals surface area (Å²) in [7, 11) is 0. The lowest BCUT2D eigenvalue weighted by Crippen LogP contribution is -2.25. The largest absolute Gasteiger partial charge is 0.426 e. The molecule has 0 radical (unpaired) electrons. The van der Waals surface area contributed by atoms with Crippen LogP contribution in [0.25, 0.3) is 11.3 Å². The molecule has 2 aromatic carbocycles. The van der Waals surface area contributed by atoms with E-state index in [4.69, 9.17) is 16.3 Å². The van der Waals surface area contributed by atoms with Gasteiger partial charge in [0.1, 0.15) is 17.9 Å². The molecule has 0 saturated carbocycles. The molecule has 0 unspecified atom stereocenters. The van der Waals surface area contributed by atoms with Crippen LogP contribution in [0.2, 0.25) is 5.02 Å². The number of nitrogens with zero attached hydrogens (tertiary/aromatic N) is 3. The predicted octanol–water partition coefficient (Wildman–Crippen LogP) is 6.54. The molecule has 32 heavy (non-hydrogen) atoms. The topological polar surface area (TPSA) is 55.3 Å². The second kappa shape index (κ2) is 11.1. The highest BCUT2D eigenvalue weighted by molar-refractivity contribution is 6.30. The zero-order valence-corrected chi connectivity index (χ0v) is 19.9. The number of carbonyl (C=O) groups is 1. The summed E-state index contributed by atoms with van der Waals surface area (Å²) in [6.07, 6.45) is 3.81. The molecule has 0 aliphatic carbocycles. The van der Waals surface area contributed by atoms with Crippen molar-refractivity contribution in [2.45, 2.75) is 53.5 Å². The molecule has 0 amide bonds. The molecule has 0 N–H and O–H groups in total. The fourth-order valence-electron chi connectivity index (χ4n) is 3.71. The Morgan fingerprint density at radius 3 is 2.44 bits per heavy atom. The van der Waals surface area contributed by atoms with Crippen LogP contribution in [-0.4, -0.2) is 22.5 Å². The third-order valence-electron chi connectivity index (χ3n) is 5.26. The molecule has 0 aliphatic rings. The Balaban J connectivity index is 1.86. The Kier molecular flexibility index (Phi) is 8.23.